The van der Waals surface area contributed by atoms with E-state index < -0.39 is 5.97 Å². The zero-order valence-electron chi connectivity index (χ0n) is 12.3. The molecule has 1 amide bonds. The van der Waals surface area contributed by atoms with Gasteiger partial charge < -0.3 is 10.0 Å². The molecule has 21 heavy (non-hydrogen) atoms. The zero-order valence-corrected chi connectivity index (χ0v) is 13.1. The van der Waals surface area contributed by atoms with Crippen molar-refractivity contribution in [1.29, 1.82) is 0 Å². The smallest absolute Gasteiger partial charge is 0.306 e. The first kappa shape index (κ1) is 14.6. The molecule has 2 atom stereocenters. The first-order chi connectivity index (χ1) is 10.1. The molecule has 3 rings (SSSR count). The van der Waals surface area contributed by atoms with Gasteiger partial charge >= 0.3 is 5.97 Å². The number of fused-ring (bicyclic) bond motifs is 1. The minimum Gasteiger partial charge on any atom is -0.481 e. The topological polar surface area (TPSA) is 57.6 Å². The van der Waals surface area contributed by atoms with Gasteiger partial charge in [-0.15, -0.1) is 11.3 Å². The second-order valence-electron chi connectivity index (χ2n) is 6.17. The summed E-state index contributed by atoms with van der Waals surface area (Å²) in [6.07, 6.45) is 5.77. The van der Waals surface area contributed by atoms with Gasteiger partial charge in [-0.3, -0.25) is 9.59 Å². The summed E-state index contributed by atoms with van der Waals surface area (Å²) in [4.78, 5) is 27.8. The van der Waals surface area contributed by atoms with Crippen LogP contribution in [0.1, 0.15) is 52.7 Å². The standard InChI is InChI=1S/C16H21NO3S/c1-10-8-12(16(19)20)6-7-17(10)15(18)14-9-11-4-2-3-5-13(11)21-14/h9-10,12H,2-8H2,1H3,(H,19,20). The lowest BCUT2D eigenvalue weighted by Crippen LogP contribution is -2.45. The van der Waals surface area contributed by atoms with E-state index in [4.69, 9.17) is 5.11 Å². The summed E-state index contributed by atoms with van der Waals surface area (Å²) in [6, 6.07) is 2.07. The van der Waals surface area contributed by atoms with Crippen LogP contribution in [0.4, 0.5) is 0 Å². The Morgan fingerprint density at radius 1 is 1.33 bits per heavy atom. The van der Waals surface area contributed by atoms with E-state index in [-0.39, 0.29) is 17.9 Å². The van der Waals surface area contributed by atoms with E-state index in [2.05, 4.69) is 6.07 Å². The fraction of sp³-hybridized carbons (Fsp3) is 0.625. The summed E-state index contributed by atoms with van der Waals surface area (Å²) in [5, 5.41) is 9.11. The molecule has 1 aliphatic carbocycles. The van der Waals surface area contributed by atoms with Crippen LogP contribution in [0.5, 0.6) is 0 Å². The van der Waals surface area contributed by atoms with Crippen LogP contribution in [0.3, 0.4) is 0 Å². The molecule has 1 fully saturated rings. The molecule has 0 spiro atoms. The Morgan fingerprint density at radius 2 is 2.10 bits per heavy atom. The average Bonchev–Trinajstić information content (AvgIpc) is 2.90. The maximum Gasteiger partial charge on any atom is 0.306 e. The molecule has 1 aromatic heterocycles. The third kappa shape index (κ3) is 2.84. The molecule has 4 nitrogen and oxygen atoms in total. The Kier molecular flexibility index (Phi) is 4.02. The lowest BCUT2D eigenvalue weighted by molar-refractivity contribution is -0.143. The molecule has 0 radical (unpaired) electrons. The predicted octanol–water partition coefficient (Wildman–Crippen LogP) is 2.95. The largest absolute Gasteiger partial charge is 0.481 e. The van der Waals surface area contributed by atoms with Crippen molar-refractivity contribution >= 4 is 23.2 Å². The molecule has 2 heterocycles. The molecule has 2 unspecified atom stereocenters. The molecule has 0 saturated carbocycles. The number of thiophene rings is 1. The molecule has 0 aromatic carbocycles. The van der Waals surface area contributed by atoms with Crippen molar-refractivity contribution < 1.29 is 14.7 Å². The quantitative estimate of drug-likeness (QED) is 0.914. The highest BCUT2D eigenvalue weighted by Crippen LogP contribution is 2.32. The van der Waals surface area contributed by atoms with E-state index in [1.54, 1.807) is 11.3 Å². The molecule has 2 aliphatic rings. The van der Waals surface area contributed by atoms with Gasteiger partial charge in [-0.1, -0.05) is 0 Å². The summed E-state index contributed by atoms with van der Waals surface area (Å²) in [7, 11) is 0. The van der Waals surface area contributed by atoms with E-state index >= 15 is 0 Å². The molecule has 1 aliphatic heterocycles. The van der Waals surface area contributed by atoms with Gasteiger partial charge in [0, 0.05) is 17.5 Å². The van der Waals surface area contributed by atoms with Gasteiger partial charge in [0.05, 0.1) is 10.8 Å². The minimum atomic E-state index is -0.736. The Hall–Kier alpha value is -1.36. The molecule has 1 saturated heterocycles. The summed E-state index contributed by atoms with van der Waals surface area (Å²) in [5.74, 6) is -0.952. The Bertz CT molecular complexity index is 542. The van der Waals surface area contributed by atoms with E-state index in [0.717, 1.165) is 17.7 Å². The lowest BCUT2D eigenvalue weighted by Gasteiger charge is -2.36. The van der Waals surface area contributed by atoms with Crippen molar-refractivity contribution in [2.75, 3.05) is 6.54 Å². The number of aryl methyl sites for hydroxylation is 2. The number of rotatable bonds is 2. The second kappa shape index (κ2) is 5.79. The Morgan fingerprint density at radius 3 is 2.76 bits per heavy atom. The van der Waals surface area contributed by atoms with Gasteiger partial charge in [0.15, 0.2) is 0 Å². The van der Waals surface area contributed by atoms with Crippen molar-refractivity contribution in [3.05, 3.63) is 21.4 Å². The van der Waals surface area contributed by atoms with Crippen molar-refractivity contribution in [3.8, 4) is 0 Å². The highest BCUT2D eigenvalue weighted by molar-refractivity contribution is 7.14. The predicted molar refractivity (Wildman–Crippen MR) is 81.8 cm³/mol. The van der Waals surface area contributed by atoms with E-state index in [0.29, 0.717) is 19.4 Å². The number of hydrogen-bond donors (Lipinski definition) is 1. The third-order valence-electron chi connectivity index (χ3n) is 4.69. The summed E-state index contributed by atoms with van der Waals surface area (Å²) in [5.41, 5.74) is 1.35. The van der Waals surface area contributed by atoms with Crippen molar-refractivity contribution in [2.24, 2.45) is 5.92 Å². The van der Waals surface area contributed by atoms with Crippen molar-refractivity contribution in [3.63, 3.8) is 0 Å². The lowest BCUT2D eigenvalue weighted by atomic mass is 9.91. The molecule has 1 aromatic rings. The van der Waals surface area contributed by atoms with Gasteiger partial charge in [-0.05, 0) is 57.1 Å². The normalized spacial score (nSPS) is 25.5. The van der Waals surface area contributed by atoms with Crippen molar-refractivity contribution in [1.82, 2.24) is 4.90 Å². The number of hydrogen-bond acceptors (Lipinski definition) is 3. The van der Waals surface area contributed by atoms with Gasteiger partial charge in [0.1, 0.15) is 0 Å². The van der Waals surface area contributed by atoms with Crippen LogP contribution in [0.25, 0.3) is 0 Å². The zero-order chi connectivity index (χ0) is 15.0. The number of carbonyl (C=O) groups is 2. The van der Waals surface area contributed by atoms with Crippen LogP contribution >= 0.6 is 11.3 Å². The number of nitrogens with zero attached hydrogens (tertiary/aromatic N) is 1. The summed E-state index contributed by atoms with van der Waals surface area (Å²) >= 11 is 1.64. The number of carboxylic acids is 1. The van der Waals surface area contributed by atoms with Gasteiger partial charge in [0.25, 0.3) is 5.91 Å². The number of carboxylic acid groups (broad SMARTS) is 1. The number of piperidine rings is 1. The summed E-state index contributed by atoms with van der Waals surface area (Å²) < 4.78 is 0. The number of amides is 1. The highest BCUT2D eigenvalue weighted by atomic mass is 32.1. The highest BCUT2D eigenvalue weighted by Gasteiger charge is 2.33. The maximum absolute atomic E-state index is 12.7. The number of carbonyl (C=O) groups excluding carboxylic acids is 1. The fourth-order valence-electron chi connectivity index (χ4n) is 3.44. The Balaban J connectivity index is 1.73. The molecular formula is C16H21NO3S. The van der Waals surface area contributed by atoms with Crippen LogP contribution in [-0.2, 0) is 17.6 Å². The van der Waals surface area contributed by atoms with Crippen LogP contribution in [0.15, 0.2) is 6.07 Å². The van der Waals surface area contributed by atoms with E-state index in [9.17, 15) is 9.59 Å². The van der Waals surface area contributed by atoms with Gasteiger partial charge in [-0.2, -0.15) is 0 Å². The number of aliphatic carboxylic acids is 1. The molecule has 1 N–H and O–H groups in total. The van der Waals surface area contributed by atoms with E-state index in [1.807, 2.05) is 11.8 Å². The Labute approximate surface area is 128 Å². The van der Waals surface area contributed by atoms with Crippen LogP contribution in [-0.4, -0.2) is 34.5 Å². The third-order valence-corrected chi connectivity index (χ3v) is 5.92. The van der Waals surface area contributed by atoms with E-state index in [1.165, 1.54) is 23.3 Å². The first-order valence-electron chi connectivity index (χ1n) is 7.71. The van der Waals surface area contributed by atoms with Gasteiger partial charge in [0.2, 0.25) is 0 Å². The van der Waals surface area contributed by atoms with Crippen LogP contribution < -0.4 is 0 Å². The van der Waals surface area contributed by atoms with Crippen molar-refractivity contribution in [2.45, 2.75) is 51.5 Å². The SMILES string of the molecule is CC1CC(C(=O)O)CCN1C(=O)c1cc2c(s1)CCCC2. The molecule has 5 heteroatoms. The summed E-state index contributed by atoms with van der Waals surface area (Å²) in [6.45, 7) is 2.51. The number of likely N-dealkylation sites (tertiary alicyclic amines) is 1. The van der Waals surface area contributed by atoms with Crippen LogP contribution in [0, 0.1) is 5.92 Å². The molecular weight excluding hydrogens is 286 g/mol. The van der Waals surface area contributed by atoms with Gasteiger partial charge in [-0.25, -0.2) is 0 Å². The average molecular weight is 307 g/mol. The van der Waals surface area contributed by atoms with Crippen LogP contribution in [0.2, 0.25) is 0 Å². The molecule has 0 bridgehead atoms. The second-order valence-corrected chi connectivity index (χ2v) is 7.31. The maximum atomic E-state index is 12.7. The first-order valence-corrected chi connectivity index (χ1v) is 8.53. The minimum absolute atomic E-state index is 0.00600. The fourth-order valence-corrected chi connectivity index (χ4v) is 4.65. The monoisotopic (exact) mass is 307 g/mol. The molecule has 114 valence electrons.